The van der Waals surface area contributed by atoms with Crippen molar-refractivity contribution >= 4 is 28.6 Å². The number of nitrogens with zero attached hydrogens (tertiary/aromatic N) is 2. The summed E-state index contributed by atoms with van der Waals surface area (Å²) in [5, 5.41) is -0.317. The quantitative estimate of drug-likeness (QED) is 0.645. The highest BCUT2D eigenvalue weighted by Crippen LogP contribution is 2.18. The predicted octanol–water partition coefficient (Wildman–Crippen LogP) is 2.39. The first-order valence-electron chi connectivity index (χ1n) is 6.05. The van der Waals surface area contributed by atoms with E-state index in [2.05, 4.69) is 4.98 Å². The van der Waals surface area contributed by atoms with E-state index in [1.807, 2.05) is 0 Å². The molecule has 0 saturated carbocycles. The van der Waals surface area contributed by atoms with E-state index in [1.165, 1.54) is 6.20 Å². The summed E-state index contributed by atoms with van der Waals surface area (Å²) in [6.45, 7) is 4.03. The number of hydrogen-bond acceptors (Lipinski definition) is 4. The van der Waals surface area contributed by atoms with E-state index in [9.17, 15) is 14.0 Å². The maximum atomic E-state index is 13.5. The molecule has 2 heterocycles. The van der Waals surface area contributed by atoms with Crippen molar-refractivity contribution < 1.29 is 13.9 Å². The van der Waals surface area contributed by atoms with Gasteiger partial charge in [0.05, 0.1) is 12.0 Å². The van der Waals surface area contributed by atoms with Crippen LogP contribution in [0, 0.1) is 5.82 Å². The molecule has 0 radical (unpaired) electrons. The molecular weight excluding hydrogens is 287 g/mol. The maximum absolute atomic E-state index is 13.5. The van der Waals surface area contributed by atoms with Crippen LogP contribution in [0.5, 0.6) is 0 Å². The molecule has 2 rings (SSSR count). The smallest absolute Gasteiger partial charge is 0.343 e. The van der Waals surface area contributed by atoms with E-state index in [-0.39, 0.29) is 28.4 Å². The Morgan fingerprint density at radius 3 is 2.80 bits per heavy atom. The van der Waals surface area contributed by atoms with E-state index in [4.69, 9.17) is 16.3 Å². The van der Waals surface area contributed by atoms with Crippen molar-refractivity contribution in [1.82, 2.24) is 9.55 Å². The standard InChI is InChI=1S/C13H12ClFN2O3/c1-3-17-6-8(13(19)20-4-2)10(18)7-5-9(15)11(14)16-12(7)17/h5-6H,3-4H2,1-2H3. The topological polar surface area (TPSA) is 61.2 Å². The van der Waals surface area contributed by atoms with Crippen molar-refractivity contribution in [1.29, 1.82) is 0 Å². The van der Waals surface area contributed by atoms with Gasteiger partial charge in [0.1, 0.15) is 11.2 Å². The zero-order valence-electron chi connectivity index (χ0n) is 10.9. The Hall–Kier alpha value is -1.95. The number of carbonyl (C=O) groups is 1. The lowest BCUT2D eigenvalue weighted by atomic mass is 10.2. The molecule has 0 N–H and O–H groups in total. The van der Waals surface area contributed by atoms with Gasteiger partial charge in [0.25, 0.3) is 0 Å². The monoisotopic (exact) mass is 298 g/mol. The van der Waals surface area contributed by atoms with E-state index >= 15 is 0 Å². The molecule has 2 aromatic rings. The summed E-state index contributed by atoms with van der Waals surface area (Å²) in [7, 11) is 0. The highest BCUT2D eigenvalue weighted by Gasteiger charge is 2.18. The first-order chi connectivity index (χ1) is 9.49. The number of aryl methyl sites for hydroxylation is 1. The van der Waals surface area contributed by atoms with Gasteiger partial charge in [-0.1, -0.05) is 11.6 Å². The van der Waals surface area contributed by atoms with Crippen LogP contribution in [0.4, 0.5) is 4.39 Å². The average molecular weight is 299 g/mol. The minimum absolute atomic E-state index is 0.000645. The molecule has 0 atom stereocenters. The fourth-order valence-corrected chi connectivity index (χ4v) is 1.99. The normalized spacial score (nSPS) is 10.8. The van der Waals surface area contributed by atoms with Crippen LogP contribution in [-0.4, -0.2) is 22.1 Å². The Balaban J connectivity index is 2.81. The van der Waals surface area contributed by atoms with Crippen LogP contribution in [0.25, 0.3) is 11.0 Å². The van der Waals surface area contributed by atoms with Crippen molar-refractivity contribution in [2.45, 2.75) is 20.4 Å². The van der Waals surface area contributed by atoms with Crippen LogP contribution in [0.15, 0.2) is 17.1 Å². The van der Waals surface area contributed by atoms with Gasteiger partial charge in [-0.05, 0) is 19.9 Å². The number of rotatable bonds is 3. The minimum Gasteiger partial charge on any atom is -0.462 e. The number of hydrogen-bond donors (Lipinski definition) is 0. The van der Waals surface area contributed by atoms with Gasteiger partial charge in [0.2, 0.25) is 5.43 Å². The van der Waals surface area contributed by atoms with Crippen molar-refractivity contribution in [3.8, 4) is 0 Å². The summed E-state index contributed by atoms with van der Waals surface area (Å²) in [4.78, 5) is 27.8. The maximum Gasteiger partial charge on any atom is 0.343 e. The molecule has 0 aliphatic heterocycles. The molecule has 0 saturated heterocycles. The molecule has 106 valence electrons. The lowest BCUT2D eigenvalue weighted by molar-refractivity contribution is 0.0524. The molecule has 7 heteroatoms. The molecule has 0 aromatic carbocycles. The second-order valence-corrected chi connectivity index (χ2v) is 4.37. The number of aromatic nitrogens is 2. The fourth-order valence-electron chi connectivity index (χ4n) is 1.86. The van der Waals surface area contributed by atoms with Crippen LogP contribution in [-0.2, 0) is 11.3 Å². The zero-order valence-corrected chi connectivity index (χ0v) is 11.7. The first-order valence-corrected chi connectivity index (χ1v) is 6.43. The summed E-state index contributed by atoms with van der Waals surface area (Å²) in [5.74, 6) is -1.54. The fraction of sp³-hybridized carbons (Fsp3) is 0.308. The van der Waals surface area contributed by atoms with Crippen LogP contribution < -0.4 is 5.43 Å². The Labute approximate surface area is 118 Å². The van der Waals surface area contributed by atoms with Gasteiger partial charge in [-0.3, -0.25) is 4.79 Å². The summed E-state index contributed by atoms with van der Waals surface area (Å²) < 4.78 is 19.9. The lowest BCUT2D eigenvalue weighted by Gasteiger charge is -2.10. The first kappa shape index (κ1) is 14.5. The van der Waals surface area contributed by atoms with Crippen molar-refractivity contribution in [3.05, 3.63) is 39.0 Å². The Morgan fingerprint density at radius 1 is 1.50 bits per heavy atom. The Morgan fingerprint density at radius 2 is 2.20 bits per heavy atom. The summed E-state index contributed by atoms with van der Waals surface area (Å²) >= 11 is 5.63. The number of ether oxygens (including phenoxy) is 1. The van der Waals surface area contributed by atoms with E-state index in [0.717, 1.165) is 6.07 Å². The zero-order chi connectivity index (χ0) is 14.9. The van der Waals surface area contributed by atoms with Gasteiger partial charge >= 0.3 is 5.97 Å². The van der Waals surface area contributed by atoms with Crippen LogP contribution in [0.1, 0.15) is 24.2 Å². The number of esters is 1. The van der Waals surface area contributed by atoms with Crippen molar-refractivity contribution in [2.75, 3.05) is 6.61 Å². The van der Waals surface area contributed by atoms with Gasteiger partial charge in [0, 0.05) is 12.7 Å². The molecule has 0 amide bonds. The molecule has 20 heavy (non-hydrogen) atoms. The number of carbonyl (C=O) groups excluding carboxylic acids is 1. The minimum atomic E-state index is -0.806. The van der Waals surface area contributed by atoms with E-state index < -0.39 is 17.2 Å². The van der Waals surface area contributed by atoms with Crippen molar-refractivity contribution in [2.24, 2.45) is 0 Å². The van der Waals surface area contributed by atoms with Crippen LogP contribution >= 0.6 is 11.6 Å². The van der Waals surface area contributed by atoms with Crippen LogP contribution in [0.3, 0.4) is 0 Å². The Bertz CT molecular complexity index is 742. The number of fused-ring (bicyclic) bond motifs is 1. The summed E-state index contributed by atoms with van der Waals surface area (Å²) in [6.07, 6.45) is 1.35. The predicted molar refractivity (Wildman–Crippen MR) is 72.6 cm³/mol. The molecule has 0 spiro atoms. The second-order valence-electron chi connectivity index (χ2n) is 4.01. The molecule has 0 bridgehead atoms. The van der Waals surface area contributed by atoms with Gasteiger partial charge < -0.3 is 9.30 Å². The van der Waals surface area contributed by atoms with Crippen molar-refractivity contribution in [3.63, 3.8) is 0 Å². The number of pyridine rings is 2. The van der Waals surface area contributed by atoms with Gasteiger partial charge in [0.15, 0.2) is 11.0 Å². The molecule has 0 aliphatic rings. The molecule has 0 unspecified atom stereocenters. The van der Waals surface area contributed by atoms with Gasteiger partial charge in [-0.2, -0.15) is 0 Å². The molecular formula is C13H12ClFN2O3. The highest BCUT2D eigenvalue weighted by atomic mass is 35.5. The largest absolute Gasteiger partial charge is 0.462 e. The molecule has 0 aliphatic carbocycles. The molecule has 5 nitrogen and oxygen atoms in total. The third kappa shape index (κ3) is 2.38. The summed E-state index contributed by atoms with van der Waals surface area (Å²) in [5.41, 5.74) is -0.534. The average Bonchev–Trinajstić information content (AvgIpc) is 2.42. The van der Waals surface area contributed by atoms with E-state index in [0.29, 0.717) is 6.54 Å². The van der Waals surface area contributed by atoms with E-state index in [1.54, 1.807) is 18.4 Å². The molecule has 0 fully saturated rings. The third-order valence-electron chi connectivity index (χ3n) is 2.80. The SMILES string of the molecule is CCOC(=O)c1cn(CC)c2nc(Cl)c(F)cc2c1=O. The third-order valence-corrected chi connectivity index (χ3v) is 3.06. The van der Waals surface area contributed by atoms with Gasteiger partial charge in [-0.15, -0.1) is 0 Å². The highest BCUT2D eigenvalue weighted by molar-refractivity contribution is 6.29. The number of halogens is 2. The lowest BCUT2D eigenvalue weighted by Crippen LogP contribution is -2.21. The van der Waals surface area contributed by atoms with Crippen LogP contribution in [0.2, 0.25) is 5.15 Å². The summed E-state index contributed by atoms with van der Waals surface area (Å²) in [6, 6.07) is 0.988. The van der Waals surface area contributed by atoms with Gasteiger partial charge in [-0.25, -0.2) is 14.2 Å². The Kier molecular flexibility index (Phi) is 4.04. The molecule has 2 aromatic heterocycles. The second kappa shape index (κ2) is 5.58.